The fraction of sp³-hybridized carbons (Fsp3) is 0.111. The molecule has 1 heterocycles. The number of rotatable bonds is 5. The van der Waals surface area contributed by atoms with E-state index in [9.17, 15) is 5.11 Å². The van der Waals surface area contributed by atoms with Gasteiger partial charge in [0.25, 0.3) is 0 Å². The SMILES string of the molecule is OC(C=Cc1ccccc1Cl)(Cn1cncn1)c1ccc(Cl)cc1. The number of hydrogen-bond donors (Lipinski definition) is 1. The van der Waals surface area contributed by atoms with E-state index in [4.69, 9.17) is 23.2 Å². The molecule has 0 aliphatic rings. The number of aliphatic hydroxyl groups is 1. The first-order chi connectivity index (χ1) is 11.6. The maximum absolute atomic E-state index is 11.2. The average molecular weight is 360 g/mol. The first-order valence-corrected chi connectivity index (χ1v) is 8.07. The molecule has 24 heavy (non-hydrogen) atoms. The molecule has 0 spiro atoms. The van der Waals surface area contributed by atoms with Crippen LogP contribution in [0.4, 0.5) is 0 Å². The maximum atomic E-state index is 11.2. The molecule has 0 aliphatic heterocycles. The van der Waals surface area contributed by atoms with Crippen molar-refractivity contribution >= 4 is 29.3 Å². The molecule has 1 atom stereocenters. The van der Waals surface area contributed by atoms with Crippen LogP contribution in [0, 0.1) is 0 Å². The van der Waals surface area contributed by atoms with Crippen molar-refractivity contribution < 1.29 is 5.11 Å². The summed E-state index contributed by atoms with van der Waals surface area (Å²) in [5.74, 6) is 0. The second kappa shape index (κ2) is 7.18. The van der Waals surface area contributed by atoms with Gasteiger partial charge in [0.2, 0.25) is 0 Å². The van der Waals surface area contributed by atoms with Gasteiger partial charge in [0.1, 0.15) is 18.3 Å². The van der Waals surface area contributed by atoms with E-state index in [0.29, 0.717) is 15.6 Å². The number of nitrogens with zero attached hydrogens (tertiary/aromatic N) is 3. The van der Waals surface area contributed by atoms with Crippen molar-refractivity contribution in [1.29, 1.82) is 0 Å². The van der Waals surface area contributed by atoms with Crippen molar-refractivity contribution in [2.45, 2.75) is 12.1 Å². The third kappa shape index (κ3) is 3.85. The van der Waals surface area contributed by atoms with Crippen molar-refractivity contribution in [3.8, 4) is 0 Å². The van der Waals surface area contributed by atoms with Crippen LogP contribution in [-0.4, -0.2) is 19.9 Å². The zero-order valence-electron chi connectivity index (χ0n) is 12.7. The van der Waals surface area contributed by atoms with Crippen molar-refractivity contribution in [3.05, 3.63) is 88.4 Å². The van der Waals surface area contributed by atoms with E-state index in [1.54, 1.807) is 53.5 Å². The Balaban J connectivity index is 1.98. The molecule has 6 heteroatoms. The van der Waals surface area contributed by atoms with E-state index in [1.165, 1.54) is 6.33 Å². The Bertz CT molecular complexity index is 832. The Kier molecular flexibility index (Phi) is 5.00. The smallest absolute Gasteiger partial charge is 0.137 e. The average Bonchev–Trinajstić information content (AvgIpc) is 3.07. The molecule has 0 aliphatic carbocycles. The first-order valence-electron chi connectivity index (χ1n) is 7.31. The number of halogens is 2. The molecular weight excluding hydrogens is 345 g/mol. The van der Waals surface area contributed by atoms with Crippen LogP contribution >= 0.6 is 23.2 Å². The summed E-state index contributed by atoms with van der Waals surface area (Å²) < 4.78 is 1.57. The minimum absolute atomic E-state index is 0.218. The Morgan fingerprint density at radius 1 is 1.08 bits per heavy atom. The number of benzene rings is 2. The third-order valence-corrected chi connectivity index (χ3v) is 4.25. The molecule has 1 N–H and O–H groups in total. The lowest BCUT2D eigenvalue weighted by molar-refractivity contribution is 0.0663. The Hall–Kier alpha value is -2.14. The second-order valence-electron chi connectivity index (χ2n) is 5.38. The van der Waals surface area contributed by atoms with Crippen LogP contribution in [0.5, 0.6) is 0 Å². The quantitative estimate of drug-likeness (QED) is 0.742. The molecule has 122 valence electrons. The fourth-order valence-corrected chi connectivity index (χ4v) is 2.70. The van der Waals surface area contributed by atoms with E-state index in [1.807, 2.05) is 18.2 Å². The van der Waals surface area contributed by atoms with Gasteiger partial charge in [-0.2, -0.15) is 5.10 Å². The lowest BCUT2D eigenvalue weighted by Crippen LogP contribution is -2.29. The van der Waals surface area contributed by atoms with E-state index in [2.05, 4.69) is 10.1 Å². The van der Waals surface area contributed by atoms with E-state index >= 15 is 0 Å². The molecule has 3 rings (SSSR count). The van der Waals surface area contributed by atoms with Gasteiger partial charge in [-0.25, -0.2) is 9.67 Å². The van der Waals surface area contributed by atoms with Gasteiger partial charge in [-0.1, -0.05) is 59.6 Å². The van der Waals surface area contributed by atoms with Gasteiger partial charge in [-0.3, -0.25) is 0 Å². The zero-order valence-corrected chi connectivity index (χ0v) is 14.2. The molecule has 3 aromatic rings. The maximum Gasteiger partial charge on any atom is 0.137 e. The summed E-state index contributed by atoms with van der Waals surface area (Å²) in [6.07, 6.45) is 6.50. The number of aromatic nitrogens is 3. The highest BCUT2D eigenvalue weighted by Crippen LogP contribution is 2.28. The van der Waals surface area contributed by atoms with Crippen molar-refractivity contribution in [3.63, 3.8) is 0 Å². The second-order valence-corrected chi connectivity index (χ2v) is 6.22. The molecule has 4 nitrogen and oxygen atoms in total. The van der Waals surface area contributed by atoms with Crippen LogP contribution < -0.4 is 0 Å². The highest BCUT2D eigenvalue weighted by atomic mass is 35.5. The molecule has 0 saturated heterocycles. The van der Waals surface area contributed by atoms with E-state index in [-0.39, 0.29) is 6.54 Å². The van der Waals surface area contributed by atoms with Crippen LogP contribution in [0.3, 0.4) is 0 Å². The summed E-state index contributed by atoms with van der Waals surface area (Å²) in [5, 5.41) is 16.5. The van der Waals surface area contributed by atoms with Crippen LogP contribution in [0.2, 0.25) is 10.0 Å². The summed E-state index contributed by atoms with van der Waals surface area (Å²) in [4.78, 5) is 3.92. The van der Waals surface area contributed by atoms with Gasteiger partial charge in [0, 0.05) is 10.0 Å². The van der Waals surface area contributed by atoms with Gasteiger partial charge in [-0.15, -0.1) is 0 Å². The molecule has 0 amide bonds. The van der Waals surface area contributed by atoms with Crippen LogP contribution in [0.1, 0.15) is 11.1 Å². The highest BCUT2D eigenvalue weighted by molar-refractivity contribution is 6.32. The van der Waals surface area contributed by atoms with Crippen LogP contribution in [0.25, 0.3) is 6.08 Å². The predicted octanol–water partition coefficient (Wildman–Crippen LogP) is 4.19. The molecule has 0 saturated carbocycles. The van der Waals surface area contributed by atoms with Gasteiger partial charge in [0.15, 0.2) is 0 Å². The largest absolute Gasteiger partial charge is 0.379 e. The van der Waals surface area contributed by atoms with Gasteiger partial charge in [-0.05, 0) is 35.4 Å². The summed E-state index contributed by atoms with van der Waals surface area (Å²) in [7, 11) is 0. The third-order valence-electron chi connectivity index (χ3n) is 3.66. The summed E-state index contributed by atoms with van der Waals surface area (Å²) in [6.45, 7) is 0.218. The fourth-order valence-electron chi connectivity index (χ4n) is 2.38. The van der Waals surface area contributed by atoms with E-state index < -0.39 is 5.60 Å². The first kappa shape index (κ1) is 16.7. The normalized spacial score (nSPS) is 14.0. The molecule has 1 unspecified atom stereocenters. The molecule has 0 radical (unpaired) electrons. The molecular formula is C18H15Cl2N3O. The minimum Gasteiger partial charge on any atom is -0.379 e. The monoisotopic (exact) mass is 359 g/mol. The summed E-state index contributed by atoms with van der Waals surface area (Å²) in [6, 6.07) is 14.5. The molecule has 0 fully saturated rings. The van der Waals surface area contributed by atoms with Crippen LogP contribution in [-0.2, 0) is 12.1 Å². The van der Waals surface area contributed by atoms with Gasteiger partial charge >= 0.3 is 0 Å². The summed E-state index contributed by atoms with van der Waals surface area (Å²) >= 11 is 12.1. The predicted molar refractivity (Wildman–Crippen MR) is 95.9 cm³/mol. The molecule has 2 aromatic carbocycles. The minimum atomic E-state index is -1.28. The Labute approximate surface area is 150 Å². The van der Waals surface area contributed by atoms with Gasteiger partial charge < -0.3 is 5.11 Å². The zero-order chi connectivity index (χ0) is 17.0. The highest BCUT2D eigenvalue weighted by Gasteiger charge is 2.27. The standard InChI is InChI=1S/C18H15Cl2N3O/c19-16-7-5-15(6-8-16)18(24,11-23-13-21-12-22-23)10-9-14-3-1-2-4-17(14)20/h1-10,12-13,24H,11H2. The van der Waals surface area contributed by atoms with E-state index in [0.717, 1.165) is 5.56 Å². The Morgan fingerprint density at radius 3 is 2.50 bits per heavy atom. The van der Waals surface area contributed by atoms with Crippen LogP contribution in [0.15, 0.2) is 67.3 Å². The number of hydrogen-bond acceptors (Lipinski definition) is 3. The summed E-state index contributed by atoms with van der Waals surface area (Å²) in [5.41, 5.74) is 0.244. The lowest BCUT2D eigenvalue weighted by atomic mass is 9.92. The topological polar surface area (TPSA) is 50.9 Å². The molecule has 0 bridgehead atoms. The van der Waals surface area contributed by atoms with Crippen molar-refractivity contribution in [2.24, 2.45) is 0 Å². The van der Waals surface area contributed by atoms with Gasteiger partial charge in [0.05, 0.1) is 6.54 Å². The lowest BCUT2D eigenvalue weighted by Gasteiger charge is -2.25. The molecule has 1 aromatic heterocycles. The van der Waals surface area contributed by atoms with Crippen molar-refractivity contribution in [1.82, 2.24) is 14.8 Å². The van der Waals surface area contributed by atoms with Crippen molar-refractivity contribution in [2.75, 3.05) is 0 Å². The Morgan fingerprint density at radius 2 is 1.83 bits per heavy atom.